The van der Waals surface area contributed by atoms with Crippen LogP contribution in [0.3, 0.4) is 0 Å². The lowest BCUT2D eigenvalue weighted by atomic mass is 9.65. The Morgan fingerprint density at radius 2 is 2.07 bits per heavy atom. The smallest absolute Gasteiger partial charge is 0.308 e. The minimum absolute atomic E-state index is 0.0854. The van der Waals surface area contributed by atoms with E-state index in [1.807, 2.05) is 13.8 Å². The fraction of sp³-hybridized carbons (Fsp3) is 0.750. The number of hydrogen-bond acceptors (Lipinski definition) is 5. The van der Waals surface area contributed by atoms with Crippen molar-refractivity contribution in [3.05, 3.63) is 23.8 Å². The summed E-state index contributed by atoms with van der Waals surface area (Å²) in [5, 5.41) is 9.89. The molecule has 29 heavy (non-hydrogen) atoms. The van der Waals surface area contributed by atoms with Crippen molar-refractivity contribution >= 4 is 11.9 Å². The molecule has 1 unspecified atom stereocenters. The van der Waals surface area contributed by atoms with Crippen LogP contribution >= 0.6 is 0 Å². The molecule has 0 spiro atoms. The third kappa shape index (κ3) is 5.30. The van der Waals surface area contributed by atoms with Crippen molar-refractivity contribution in [3.8, 4) is 0 Å². The number of carbonyl (C=O) groups is 2. The minimum atomic E-state index is -0.597. The van der Waals surface area contributed by atoms with Gasteiger partial charge in [0.25, 0.3) is 0 Å². The predicted molar refractivity (Wildman–Crippen MR) is 111 cm³/mol. The van der Waals surface area contributed by atoms with Gasteiger partial charge < -0.3 is 14.6 Å². The molecule has 1 heterocycles. The van der Waals surface area contributed by atoms with E-state index < -0.39 is 6.10 Å². The summed E-state index contributed by atoms with van der Waals surface area (Å²) in [6.07, 6.45) is 9.70. The highest BCUT2D eigenvalue weighted by Crippen LogP contribution is 2.45. The van der Waals surface area contributed by atoms with Crippen LogP contribution in [0, 0.1) is 29.6 Å². The average Bonchev–Trinajstić information content (AvgIpc) is 2.65. The predicted octanol–water partition coefficient (Wildman–Crippen LogP) is 4.20. The van der Waals surface area contributed by atoms with Crippen molar-refractivity contribution in [1.29, 1.82) is 0 Å². The molecule has 3 rings (SSSR count). The molecule has 2 aliphatic carbocycles. The molecule has 8 atom stereocenters. The number of cyclic esters (lactones) is 1. The molecule has 1 aliphatic heterocycles. The molecule has 1 N–H and O–H groups in total. The van der Waals surface area contributed by atoms with Crippen molar-refractivity contribution in [2.45, 2.75) is 84.5 Å². The molecular formula is C24H36O5. The van der Waals surface area contributed by atoms with Crippen LogP contribution in [0.5, 0.6) is 0 Å². The van der Waals surface area contributed by atoms with Gasteiger partial charge in [-0.25, -0.2) is 0 Å². The van der Waals surface area contributed by atoms with E-state index in [-0.39, 0.29) is 42.4 Å². The van der Waals surface area contributed by atoms with E-state index >= 15 is 0 Å². The number of rotatable bonds is 6. The highest BCUT2D eigenvalue weighted by Gasteiger charge is 2.42. The highest BCUT2D eigenvalue weighted by molar-refractivity contribution is 5.72. The van der Waals surface area contributed by atoms with E-state index in [4.69, 9.17) is 9.47 Å². The second-order valence-corrected chi connectivity index (χ2v) is 9.36. The van der Waals surface area contributed by atoms with Crippen molar-refractivity contribution in [2.75, 3.05) is 0 Å². The maximum atomic E-state index is 12.5. The van der Waals surface area contributed by atoms with Crippen LogP contribution in [0.25, 0.3) is 0 Å². The van der Waals surface area contributed by atoms with Crippen molar-refractivity contribution < 1.29 is 24.2 Å². The molecule has 3 aliphatic rings. The van der Waals surface area contributed by atoms with Gasteiger partial charge in [0.2, 0.25) is 0 Å². The zero-order valence-corrected chi connectivity index (χ0v) is 18.2. The lowest BCUT2D eigenvalue weighted by molar-refractivity contribution is -0.162. The van der Waals surface area contributed by atoms with Gasteiger partial charge in [0.05, 0.1) is 18.4 Å². The van der Waals surface area contributed by atoms with Gasteiger partial charge in [-0.3, -0.25) is 9.59 Å². The fourth-order valence-corrected chi connectivity index (χ4v) is 5.07. The molecule has 5 heteroatoms. The molecule has 1 fully saturated rings. The number of fused-ring (bicyclic) bond motifs is 1. The summed E-state index contributed by atoms with van der Waals surface area (Å²) >= 11 is 0. The van der Waals surface area contributed by atoms with Crippen LogP contribution in [0.15, 0.2) is 23.8 Å². The maximum absolute atomic E-state index is 12.5. The number of hydrogen-bond donors (Lipinski definition) is 1. The summed E-state index contributed by atoms with van der Waals surface area (Å²) in [5.74, 6) is 0.755. The molecule has 5 nitrogen and oxygen atoms in total. The normalized spacial score (nSPS) is 37.9. The number of aliphatic hydroxyl groups excluding tert-OH is 1. The van der Waals surface area contributed by atoms with Crippen molar-refractivity contribution in [1.82, 2.24) is 0 Å². The molecule has 0 radical (unpaired) electrons. The third-order valence-electron chi connectivity index (χ3n) is 6.93. The van der Waals surface area contributed by atoms with Gasteiger partial charge in [0.1, 0.15) is 12.2 Å². The quantitative estimate of drug-likeness (QED) is 0.672. The second kappa shape index (κ2) is 9.46. The molecule has 162 valence electrons. The number of aliphatic hydroxyl groups is 1. The first-order valence-electron chi connectivity index (χ1n) is 11.3. The van der Waals surface area contributed by atoms with E-state index in [2.05, 4.69) is 32.1 Å². The van der Waals surface area contributed by atoms with Gasteiger partial charge >= 0.3 is 11.9 Å². The molecule has 0 bridgehead atoms. The van der Waals surface area contributed by atoms with Crippen LogP contribution < -0.4 is 0 Å². The van der Waals surface area contributed by atoms with Gasteiger partial charge in [0, 0.05) is 12.3 Å². The monoisotopic (exact) mass is 404 g/mol. The molecule has 0 aromatic heterocycles. The first kappa shape index (κ1) is 22.1. The third-order valence-corrected chi connectivity index (χ3v) is 6.93. The van der Waals surface area contributed by atoms with E-state index in [0.717, 1.165) is 25.7 Å². The fourth-order valence-electron chi connectivity index (χ4n) is 5.07. The summed E-state index contributed by atoms with van der Waals surface area (Å²) in [6.45, 7) is 8.33. The Labute approximate surface area is 174 Å². The Kier molecular flexibility index (Phi) is 7.20. The van der Waals surface area contributed by atoms with Crippen LogP contribution in [-0.4, -0.2) is 35.4 Å². The standard InChI is InChI=1S/C24H36O5/c1-5-15(3)24(27)29-21-11-14(2)10-17-7-6-16(4)20(23(17)21)9-8-19-12-18(25)13-22(26)28-19/h6-7,10,14-16,18-21,23,25H,5,8-9,11-13H2,1-4H3/t14-,15?,16+,18+,19+,20-,21-,23+/m0/s1. The summed E-state index contributed by atoms with van der Waals surface area (Å²) in [5.41, 5.74) is 1.27. The summed E-state index contributed by atoms with van der Waals surface area (Å²) in [6, 6.07) is 0. The SMILES string of the molecule is CCC(C)C(=O)O[C@H]1C[C@@H](C)C=C2C=C[C@@H](C)[C@H](CC[C@@H]3C[C@@H](O)CC(=O)O3)[C@@H]21. The Bertz CT molecular complexity index is 666. The molecule has 0 amide bonds. The Balaban J connectivity index is 1.74. The lowest BCUT2D eigenvalue weighted by Gasteiger charge is -2.43. The van der Waals surface area contributed by atoms with E-state index in [1.54, 1.807) is 0 Å². The van der Waals surface area contributed by atoms with Crippen LogP contribution in [0.4, 0.5) is 0 Å². The molecule has 0 aromatic carbocycles. The van der Waals surface area contributed by atoms with Crippen molar-refractivity contribution in [3.63, 3.8) is 0 Å². The number of carbonyl (C=O) groups excluding carboxylic acids is 2. The largest absolute Gasteiger partial charge is 0.462 e. The topological polar surface area (TPSA) is 72.8 Å². The molecular weight excluding hydrogens is 368 g/mol. The van der Waals surface area contributed by atoms with Crippen LogP contribution in [-0.2, 0) is 19.1 Å². The van der Waals surface area contributed by atoms with Crippen LogP contribution in [0.1, 0.15) is 66.2 Å². The van der Waals surface area contributed by atoms with Crippen LogP contribution in [0.2, 0.25) is 0 Å². The van der Waals surface area contributed by atoms with Gasteiger partial charge in [-0.05, 0) is 49.0 Å². The van der Waals surface area contributed by atoms with E-state index in [1.165, 1.54) is 5.57 Å². The summed E-state index contributed by atoms with van der Waals surface area (Å²) in [7, 11) is 0. The molecule has 1 saturated heterocycles. The van der Waals surface area contributed by atoms with Crippen molar-refractivity contribution in [2.24, 2.45) is 29.6 Å². The lowest BCUT2D eigenvalue weighted by Crippen LogP contribution is -2.42. The Hall–Kier alpha value is -1.62. The number of ether oxygens (including phenoxy) is 2. The molecule has 0 aromatic rings. The maximum Gasteiger partial charge on any atom is 0.308 e. The Morgan fingerprint density at radius 3 is 2.76 bits per heavy atom. The highest BCUT2D eigenvalue weighted by atomic mass is 16.5. The average molecular weight is 405 g/mol. The van der Waals surface area contributed by atoms with Gasteiger partial charge in [-0.15, -0.1) is 0 Å². The first-order chi connectivity index (χ1) is 13.8. The Morgan fingerprint density at radius 1 is 1.31 bits per heavy atom. The zero-order chi connectivity index (χ0) is 21.1. The molecule has 0 saturated carbocycles. The van der Waals surface area contributed by atoms with Gasteiger partial charge in [0.15, 0.2) is 0 Å². The van der Waals surface area contributed by atoms with Gasteiger partial charge in [-0.1, -0.05) is 45.9 Å². The first-order valence-corrected chi connectivity index (χ1v) is 11.3. The zero-order valence-electron chi connectivity index (χ0n) is 18.2. The number of esters is 2. The second-order valence-electron chi connectivity index (χ2n) is 9.36. The van der Waals surface area contributed by atoms with E-state index in [0.29, 0.717) is 24.2 Å². The minimum Gasteiger partial charge on any atom is -0.462 e. The van der Waals surface area contributed by atoms with E-state index in [9.17, 15) is 14.7 Å². The number of allylic oxidation sites excluding steroid dienone is 3. The summed E-state index contributed by atoms with van der Waals surface area (Å²) < 4.78 is 11.5. The summed E-state index contributed by atoms with van der Waals surface area (Å²) in [4.78, 5) is 24.2. The van der Waals surface area contributed by atoms with Gasteiger partial charge in [-0.2, -0.15) is 0 Å².